The number of benzene rings is 2. The third-order valence-electron chi connectivity index (χ3n) is 5.50. The van der Waals surface area contributed by atoms with Gasteiger partial charge in [0.2, 0.25) is 0 Å². The van der Waals surface area contributed by atoms with Crippen LogP contribution in [0.3, 0.4) is 0 Å². The van der Waals surface area contributed by atoms with E-state index in [1.807, 2.05) is 6.92 Å². The number of rotatable bonds is 6. The van der Waals surface area contributed by atoms with Gasteiger partial charge in [-0.05, 0) is 19.9 Å². The first-order chi connectivity index (χ1) is 13.4. The molecule has 1 amide bonds. The molecule has 0 radical (unpaired) electrons. The molecule has 28 heavy (non-hydrogen) atoms. The summed E-state index contributed by atoms with van der Waals surface area (Å²) in [5.74, 6) is -0.175. The van der Waals surface area contributed by atoms with Crippen LogP contribution in [0.25, 0.3) is 0 Å². The number of amides is 1. The average Bonchev–Trinajstić information content (AvgIpc) is 2.68. The van der Waals surface area contributed by atoms with Gasteiger partial charge in [0, 0.05) is 11.6 Å². The summed E-state index contributed by atoms with van der Waals surface area (Å²) in [6.07, 6.45) is 0. The zero-order chi connectivity index (χ0) is 20.1. The Bertz CT molecular complexity index is 847. The average molecular weight is 384 g/mol. The van der Waals surface area contributed by atoms with Gasteiger partial charge in [0.15, 0.2) is 6.04 Å². The van der Waals surface area contributed by atoms with Crippen LogP contribution >= 0.6 is 0 Å². The van der Waals surface area contributed by atoms with Gasteiger partial charge in [-0.15, -0.1) is 0 Å². The van der Waals surface area contributed by atoms with E-state index in [1.54, 1.807) is 18.2 Å². The Hall–Kier alpha value is -2.77. The van der Waals surface area contributed by atoms with Gasteiger partial charge in [-0.2, -0.15) is 0 Å². The number of para-hydroxylation sites is 2. The summed E-state index contributed by atoms with van der Waals surface area (Å²) in [6, 6.07) is 14.6. The van der Waals surface area contributed by atoms with Gasteiger partial charge >= 0.3 is 0 Å². The van der Waals surface area contributed by atoms with Crippen LogP contribution in [0.1, 0.15) is 18.1 Å². The number of piperazine rings is 1. The molecule has 3 N–H and O–H groups in total. The predicted octanol–water partition coefficient (Wildman–Crippen LogP) is 0.214. The second kappa shape index (κ2) is 8.95. The molecular weight excluding hydrogens is 356 g/mol. The topological polar surface area (TPSA) is 81.1 Å². The van der Waals surface area contributed by atoms with Crippen molar-refractivity contribution < 1.29 is 19.5 Å². The van der Waals surface area contributed by atoms with Gasteiger partial charge in [-0.25, -0.2) is 0 Å². The lowest BCUT2D eigenvalue weighted by Gasteiger charge is -2.32. The van der Waals surface area contributed by atoms with Crippen molar-refractivity contribution in [1.82, 2.24) is 0 Å². The summed E-state index contributed by atoms with van der Waals surface area (Å²) < 4.78 is 0. The van der Waals surface area contributed by atoms with E-state index in [1.165, 1.54) is 27.0 Å². The van der Waals surface area contributed by atoms with E-state index >= 15 is 0 Å². The number of hydrogen-bond acceptors (Lipinski definition) is 3. The zero-order valence-corrected chi connectivity index (χ0v) is 16.4. The molecule has 2 aromatic rings. The van der Waals surface area contributed by atoms with Crippen molar-refractivity contribution >= 4 is 17.3 Å². The molecule has 1 aliphatic heterocycles. The fraction of sp³-hybridized carbons (Fsp3) is 0.381. The minimum absolute atomic E-state index is 0.0783. The number of nitrogens with zero attached hydrogens (tertiary/aromatic N) is 1. The minimum Gasteiger partial charge on any atom is -0.322 e. The van der Waals surface area contributed by atoms with Crippen LogP contribution in [0.15, 0.2) is 48.5 Å². The van der Waals surface area contributed by atoms with E-state index in [2.05, 4.69) is 36.5 Å². The molecule has 0 spiro atoms. The molecule has 1 heterocycles. The van der Waals surface area contributed by atoms with Crippen molar-refractivity contribution in [3.63, 3.8) is 0 Å². The molecule has 1 fully saturated rings. The van der Waals surface area contributed by atoms with Crippen molar-refractivity contribution in [3.8, 4) is 0 Å². The Labute approximate surface area is 165 Å². The number of quaternary nitrogens is 2. The fourth-order valence-corrected chi connectivity index (χ4v) is 3.81. The highest BCUT2D eigenvalue weighted by atomic mass is 16.6. The van der Waals surface area contributed by atoms with Gasteiger partial charge in [0.05, 0.1) is 4.92 Å². The van der Waals surface area contributed by atoms with E-state index in [-0.39, 0.29) is 23.3 Å². The molecule has 148 valence electrons. The molecule has 0 saturated carbocycles. The second-order valence-electron chi connectivity index (χ2n) is 7.56. The van der Waals surface area contributed by atoms with Crippen molar-refractivity contribution in [2.45, 2.75) is 26.4 Å². The molecule has 1 aliphatic rings. The maximum absolute atomic E-state index is 12.6. The van der Waals surface area contributed by atoms with E-state index in [4.69, 9.17) is 0 Å². The predicted molar refractivity (Wildman–Crippen MR) is 107 cm³/mol. The summed E-state index contributed by atoms with van der Waals surface area (Å²) >= 11 is 0. The summed E-state index contributed by atoms with van der Waals surface area (Å²) in [5.41, 5.74) is 2.81. The molecule has 0 aromatic heterocycles. The van der Waals surface area contributed by atoms with Crippen LogP contribution in [0.2, 0.25) is 0 Å². The maximum Gasteiger partial charge on any atom is 0.292 e. The Morgan fingerprint density at radius 2 is 1.86 bits per heavy atom. The molecule has 0 aliphatic carbocycles. The quantitative estimate of drug-likeness (QED) is 0.492. The zero-order valence-electron chi connectivity index (χ0n) is 16.4. The van der Waals surface area contributed by atoms with Crippen LogP contribution in [0, 0.1) is 17.0 Å². The van der Waals surface area contributed by atoms with Crippen molar-refractivity contribution in [1.29, 1.82) is 0 Å². The number of hydrogen-bond donors (Lipinski definition) is 3. The van der Waals surface area contributed by atoms with Gasteiger partial charge in [0.1, 0.15) is 38.4 Å². The Morgan fingerprint density at radius 1 is 1.14 bits per heavy atom. The maximum atomic E-state index is 12.6. The molecule has 3 rings (SSSR count). The number of anilines is 1. The largest absolute Gasteiger partial charge is 0.322 e. The van der Waals surface area contributed by atoms with Gasteiger partial charge in [-0.3, -0.25) is 14.9 Å². The Morgan fingerprint density at radius 3 is 2.54 bits per heavy atom. The Balaban J connectivity index is 1.54. The third kappa shape index (κ3) is 4.94. The third-order valence-corrected chi connectivity index (χ3v) is 5.50. The Kier molecular flexibility index (Phi) is 6.38. The number of nitro groups is 1. The molecule has 7 heteroatoms. The molecule has 0 bridgehead atoms. The van der Waals surface area contributed by atoms with Crippen LogP contribution in [0.5, 0.6) is 0 Å². The normalized spacial score (nSPS) is 20.4. The summed E-state index contributed by atoms with van der Waals surface area (Å²) in [7, 11) is 0. The highest BCUT2D eigenvalue weighted by Crippen LogP contribution is 2.23. The molecule has 2 aromatic carbocycles. The molecule has 7 nitrogen and oxygen atoms in total. The van der Waals surface area contributed by atoms with Crippen molar-refractivity contribution in [3.05, 3.63) is 69.8 Å². The van der Waals surface area contributed by atoms with E-state index in [9.17, 15) is 14.9 Å². The van der Waals surface area contributed by atoms with Crippen LogP contribution in [-0.4, -0.2) is 43.1 Å². The highest BCUT2D eigenvalue weighted by molar-refractivity contribution is 5.95. The molecular formula is C21H28N4O3+2. The number of aryl methyl sites for hydroxylation is 1. The van der Waals surface area contributed by atoms with E-state index in [0.717, 1.165) is 32.7 Å². The number of nitrogens with one attached hydrogen (secondary N) is 3. The second-order valence-corrected chi connectivity index (χ2v) is 7.56. The minimum atomic E-state index is -0.472. The van der Waals surface area contributed by atoms with E-state index < -0.39 is 4.92 Å². The summed E-state index contributed by atoms with van der Waals surface area (Å²) in [6.45, 7) is 8.84. The van der Waals surface area contributed by atoms with E-state index in [0.29, 0.717) is 0 Å². The van der Waals surface area contributed by atoms with Gasteiger partial charge in [-0.1, -0.05) is 42.0 Å². The standard InChI is InChI=1S/C21H26N4O3/c1-16-6-5-7-18(14-16)15-23-10-12-24(13-11-23)17(2)21(26)22-19-8-3-4-9-20(19)25(27)28/h3-9,14,17H,10-13,15H2,1-2H3,(H,22,26)/p+2/t17-/m1/s1. The summed E-state index contributed by atoms with van der Waals surface area (Å²) in [5, 5.41) is 13.9. The molecule has 1 atom stereocenters. The molecule has 1 saturated heterocycles. The summed E-state index contributed by atoms with van der Waals surface area (Å²) in [4.78, 5) is 26.0. The number of carbonyl (C=O) groups is 1. The number of nitro benzene ring substituents is 1. The molecule has 0 unspecified atom stereocenters. The van der Waals surface area contributed by atoms with Crippen LogP contribution in [-0.2, 0) is 11.3 Å². The lowest BCUT2D eigenvalue weighted by atomic mass is 10.1. The van der Waals surface area contributed by atoms with Crippen molar-refractivity contribution in [2.24, 2.45) is 0 Å². The smallest absolute Gasteiger partial charge is 0.292 e. The lowest BCUT2D eigenvalue weighted by Crippen LogP contribution is -3.29. The van der Waals surface area contributed by atoms with Crippen LogP contribution < -0.4 is 15.1 Å². The SMILES string of the molecule is Cc1cccc(C[NH+]2CC[NH+]([C@H](C)C(=O)Nc3ccccc3[N+](=O)[O-])CC2)c1. The van der Waals surface area contributed by atoms with Crippen LogP contribution in [0.4, 0.5) is 11.4 Å². The fourth-order valence-electron chi connectivity index (χ4n) is 3.81. The first-order valence-electron chi connectivity index (χ1n) is 9.72. The monoisotopic (exact) mass is 384 g/mol. The van der Waals surface area contributed by atoms with Crippen molar-refractivity contribution in [2.75, 3.05) is 31.5 Å². The van der Waals surface area contributed by atoms with Gasteiger partial charge in [0.25, 0.3) is 11.6 Å². The first kappa shape index (κ1) is 20.0. The highest BCUT2D eigenvalue weighted by Gasteiger charge is 2.31. The number of carbonyl (C=O) groups excluding carboxylic acids is 1. The lowest BCUT2D eigenvalue weighted by molar-refractivity contribution is -1.02. The first-order valence-corrected chi connectivity index (χ1v) is 9.72. The van der Waals surface area contributed by atoms with Gasteiger partial charge < -0.3 is 15.1 Å².